The molecule has 0 spiro atoms. The van der Waals surface area contributed by atoms with Gasteiger partial charge in [0.05, 0.1) is 11.4 Å². The Bertz CT molecular complexity index is 2090. The van der Waals surface area contributed by atoms with Crippen molar-refractivity contribution >= 4 is 0 Å². The lowest BCUT2D eigenvalue weighted by atomic mass is 9.82. The van der Waals surface area contributed by atoms with E-state index < -0.39 is 0 Å². The van der Waals surface area contributed by atoms with Gasteiger partial charge in [-0.05, 0) is 56.6 Å². The van der Waals surface area contributed by atoms with Gasteiger partial charge in [0.1, 0.15) is 0 Å². The molecule has 7 aromatic rings. The first kappa shape index (κ1) is 27.0. The van der Waals surface area contributed by atoms with Gasteiger partial charge in [-0.1, -0.05) is 159 Å². The average Bonchev–Trinajstić information content (AvgIpc) is 3.34. The molecule has 1 aromatic heterocycles. The van der Waals surface area contributed by atoms with E-state index in [0.717, 1.165) is 33.9 Å². The summed E-state index contributed by atoms with van der Waals surface area (Å²) >= 11 is 0. The summed E-state index contributed by atoms with van der Waals surface area (Å²) in [6.07, 6.45) is 0. The van der Waals surface area contributed by atoms with E-state index in [9.17, 15) is 0 Å². The minimum absolute atomic E-state index is 0.0263. The maximum absolute atomic E-state index is 4.98. The Morgan fingerprint density at radius 1 is 0.356 bits per heavy atom. The predicted molar refractivity (Wildman–Crippen MR) is 187 cm³/mol. The molecule has 0 unspecified atom stereocenters. The molecule has 0 aliphatic heterocycles. The fourth-order valence-electron chi connectivity index (χ4n) is 6.66. The van der Waals surface area contributed by atoms with Crippen LogP contribution in [-0.2, 0) is 5.41 Å². The third kappa shape index (κ3) is 4.85. The highest BCUT2D eigenvalue weighted by atomic mass is 14.9. The van der Waals surface area contributed by atoms with Crippen molar-refractivity contribution in [1.82, 2.24) is 9.97 Å². The third-order valence-corrected chi connectivity index (χ3v) is 9.14. The molecule has 1 aliphatic carbocycles. The van der Waals surface area contributed by atoms with E-state index in [1.54, 1.807) is 0 Å². The van der Waals surface area contributed by atoms with Gasteiger partial charge < -0.3 is 0 Å². The zero-order valence-electron chi connectivity index (χ0n) is 25.4. The van der Waals surface area contributed by atoms with Crippen molar-refractivity contribution < 1.29 is 0 Å². The van der Waals surface area contributed by atoms with Gasteiger partial charge in [-0.2, -0.15) is 0 Å². The maximum Gasteiger partial charge on any atom is 0.160 e. The van der Waals surface area contributed by atoms with Crippen molar-refractivity contribution in [1.29, 1.82) is 0 Å². The van der Waals surface area contributed by atoms with E-state index in [0.29, 0.717) is 0 Å². The quantitative estimate of drug-likeness (QED) is 0.204. The van der Waals surface area contributed by atoms with E-state index >= 15 is 0 Å². The van der Waals surface area contributed by atoms with E-state index in [4.69, 9.17) is 9.97 Å². The fourth-order valence-corrected chi connectivity index (χ4v) is 6.66. The minimum atomic E-state index is 0.0263. The summed E-state index contributed by atoms with van der Waals surface area (Å²) in [5.74, 6) is 0.727. The molecule has 2 heteroatoms. The zero-order chi connectivity index (χ0) is 30.4. The smallest absolute Gasteiger partial charge is 0.160 e. The molecule has 0 saturated heterocycles. The molecule has 0 bridgehead atoms. The van der Waals surface area contributed by atoms with Gasteiger partial charge in [0.25, 0.3) is 0 Å². The average molecular weight is 577 g/mol. The minimum Gasteiger partial charge on any atom is -0.228 e. The highest BCUT2D eigenvalue weighted by Gasteiger charge is 2.35. The Balaban J connectivity index is 1.09. The van der Waals surface area contributed by atoms with Crippen molar-refractivity contribution in [3.63, 3.8) is 0 Å². The van der Waals surface area contributed by atoms with Crippen LogP contribution in [0.25, 0.3) is 67.3 Å². The summed E-state index contributed by atoms with van der Waals surface area (Å²) in [5.41, 5.74) is 15.3. The van der Waals surface area contributed by atoms with E-state index in [-0.39, 0.29) is 5.41 Å². The Morgan fingerprint density at radius 3 is 1.42 bits per heavy atom. The molecule has 45 heavy (non-hydrogen) atoms. The van der Waals surface area contributed by atoms with Crippen LogP contribution in [0.15, 0.2) is 158 Å². The van der Waals surface area contributed by atoms with Gasteiger partial charge in [-0.15, -0.1) is 0 Å². The molecule has 0 saturated carbocycles. The summed E-state index contributed by atoms with van der Waals surface area (Å²) in [4.78, 5) is 9.91. The molecule has 8 rings (SSSR count). The van der Waals surface area contributed by atoms with Gasteiger partial charge in [-0.25, -0.2) is 9.97 Å². The summed E-state index contributed by atoms with van der Waals surface area (Å²) in [6.45, 7) is 4.65. The van der Waals surface area contributed by atoms with Crippen molar-refractivity contribution in [2.75, 3.05) is 0 Å². The zero-order valence-corrected chi connectivity index (χ0v) is 25.4. The molecular formula is C43H32N2. The highest BCUT2D eigenvalue weighted by molar-refractivity contribution is 5.85. The highest BCUT2D eigenvalue weighted by Crippen LogP contribution is 2.49. The second kappa shape index (κ2) is 10.8. The van der Waals surface area contributed by atoms with E-state index in [1.165, 1.54) is 44.5 Å². The largest absolute Gasteiger partial charge is 0.228 e. The van der Waals surface area contributed by atoms with E-state index in [2.05, 4.69) is 135 Å². The second-order valence-corrected chi connectivity index (χ2v) is 12.3. The van der Waals surface area contributed by atoms with Crippen LogP contribution in [0.2, 0.25) is 0 Å². The summed E-state index contributed by atoms with van der Waals surface area (Å²) in [7, 11) is 0. The van der Waals surface area contributed by atoms with Crippen molar-refractivity contribution in [2.45, 2.75) is 19.3 Å². The van der Waals surface area contributed by atoms with Crippen molar-refractivity contribution in [3.8, 4) is 67.3 Å². The standard InChI is InChI=1S/C43H32N2/c1-43(2)38-16-10-9-15-36(38)37-27-35(25-26-39(37)43)31-19-17-29(18-20-31)30-21-23-33(24-22-30)41-28-40(32-11-5-3-6-12-32)44-42(45-41)34-13-7-4-8-14-34/h3-28H,1-2H3. The summed E-state index contributed by atoms with van der Waals surface area (Å²) < 4.78 is 0. The summed E-state index contributed by atoms with van der Waals surface area (Å²) in [6, 6.07) is 56.0. The van der Waals surface area contributed by atoms with Crippen LogP contribution in [0.5, 0.6) is 0 Å². The molecule has 2 nitrogen and oxygen atoms in total. The number of benzene rings is 6. The number of fused-ring (bicyclic) bond motifs is 3. The van der Waals surface area contributed by atoms with Crippen LogP contribution in [0.3, 0.4) is 0 Å². The Labute approximate surface area is 264 Å². The molecule has 0 fully saturated rings. The molecule has 1 aliphatic rings. The Hall–Kier alpha value is -5.60. The molecule has 6 aromatic carbocycles. The number of hydrogen-bond acceptors (Lipinski definition) is 2. The van der Waals surface area contributed by atoms with Crippen LogP contribution in [-0.4, -0.2) is 9.97 Å². The monoisotopic (exact) mass is 576 g/mol. The fraction of sp³-hybridized carbons (Fsp3) is 0.0698. The molecular weight excluding hydrogens is 544 g/mol. The molecule has 0 N–H and O–H groups in total. The van der Waals surface area contributed by atoms with Crippen LogP contribution in [0.1, 0.15) is 25.0 Å². The topological polar surface area (TPSA) is 25.8 Å². The first-order valence-electron chi connectivity index (χ1n) is 15.5. The van der Waals surface area contributed by atoms with Crippen LogP contribution >= 0.6 is 0 Å². The van der Waals surface area contributed by atoms with Crippen LogP contribution in [0, 0.1) is 0 Å². The Morgan fingerprint density at radius 2 is 0.800 bits per heavy atom. The number of nitrogens with zero attached hydrogens (tertiary/aromatic N) is 2. The summed E-state index contributed by atoms with van der Waals surface area (Å²) in [5, 5.41) is 0. The Kier molecular flexibility index (Phi) is 6.50. The lowest BCUT2D eigenvalue weighted by Crippen LogP contribution is -2.14. The van der Waals surface area contributed by atoms with Crippen molar-refractivity contribution in [3.05, 3.63) is 169 Å². The van der Waals surface area contributed by atoms with E-state index in [1.807, 2.05) is 36.4 Å². The maximum atomic E-state index is 4.98. The molecule has 214 valence electrons. The van der Waals surface area contributed by atoms with Gasteiger partial charge in [0.15, 0.2) is 5.82 Å². The second-order valence-electron chi connectivity index (χ2n) is 12.3. The molecule has 0 atom stereocenters. The first-order valence-corrected chi connectivity index (χ1v) is 15.5. The normalized spacial score (nSPS) is 12.8. The van der Waals surface area contributed by atoms with Gasteiger partial charge in [-0.3, -0.25) is 0 Å². The number of rotatable bonds is 5. The predicted octanol–water partition coefficient (Wildman–Crippen LogP) is 11.1. The van der Waals surface area contributed by atoms with Crippen LogP contribution < -0.4 is 0 Å². The molecule has 0 radical (unpaired) electrons. The lowest BCUT2D eigenvalue weighted by molar-refractivity contribution is 0.660. The molecule has 0 amide bonds. The SMILES string of the molecule is CC1(C)c2ccccc2-c2cc(-c3ccc(-c4ccc(-c5cc(-c6ccccc6)nc(-c6ccccc6)n5)cc4)cc3)ccc21. The van der Waals surface area contributed by atoms with Crippen LogP contribution in [0.4, 0.5) is 0 Å². The lowest BCUT2D eigenvalue weighted by Gasteiger charge is -2.21. The van der Waals surface area contributed by atoms with Gasteiger partial charge in [0, 0.05) is 22.1 Å². The van der Waals surface area contributed by atoms with Gasteiger partial charge >= 0.3 is 0 Å². The first-order chi connectivity index (χ1) is 22.0. The third-order valence-electron chi connectivity index (χ3n) is 9.14. The number of aromatic nitrogens is 2. The van der Waals surface area contributed by atoms with Crippen molar-refractivity contribution in [2.24, 2.45) is 0 Å². The molecule has 1 heterocycles. The number of hydrogen-bond donors (Lipinski definition) is 0. The van der Waals surface area contributed by atoms with Gasteiger partial charge in [0.2, 0.25) is 0 Å².